The fourth-order valence-corrected chi connectivity index (χ4v) is 4.12. The van der Waals surface area contributed by atoms with Crippen LogP contribution in [-0.2, 0) is 12.0 Å². The number of nitro groups is 1. The fraction of sp³-hybridized carbons (Fsp3) is 0.222. The lowest BCUT2D eigenvalue weighted by atomic mass is 9.95. The molecule has 0 atom stereocenters. The van der Waals surface area contributed by atoms with Crippen LogP contribution in [0.5, 0.6) is 5.75 Å². The first-order valence-electron chi connectivity index (χ1n) is 11.3. The summed E-state index contributed by atoms with van der Waals surface area (Å²) in [6, 6.07) is 17.6. The van der Waals surface area contributed by atoms with Gasteiger partial charge < -0.3 is 4.74 Å². The second kappa shape index (κ2) is 10.0. The molecule has 0 aliphatic carbocycles. The van der Waals surface area contributed by atoms with Crippen molar-refractivity contribution in [2.24, 2.45) is 5.10 Å². The maximum atomic E-state index is 13.4. The number of fused-ring (bicyclic) bond motifs is 1. The van der Waals surface area contributed by atoms with E-state index < -0.39 is 10.3 Å². The second-order valence-electron chi connectivity index (χ2n) is 9.44. The second-order valence-corrected chi connectivity index (χ2v) is 10.4. The Kier molecular flexibility index (Phi) is 7.03. The van der Waals surface area contributed by atoms with Crippen molar-refractivity contribution in [2.75, 3.05) is 0 Å². The van der Waals surface area contributed by atoms with E-state index in [1.807, 2.05) is 58.0 Å². The molecule has 1 aromatic heterocycles. The first kappa shape index (κ1) is 25.2. The number of nitrogens with zero attached hydrogens (tertiary/aromatic N) is 4. The van der Waals surface area contributed by atoms with E-state index in [9.17, 15) is 14.9 Å². The molecule has 3 aromatic carbocycles. The predicted molar refractivity (Wildman–Crippen MR) is 144 cm³/mol. The largest absolute Gasteiger partial charge is 0.481 e. The van der Waals surface area contributed by atoms with E-state index >= 15 is 0 Å². The predicted octanol–water partition coefficient (Wildman–Crippen LogP) is 6.13. The highest BCUT2D eigenvalue weighted by Crippen LogP contribution is 2.31. The summed E-state index contributed by atoms with van der Waals surface area (Å²) in [6.45, 7) is 7.93. The Labute approximate surface area is 216 Å². The van der Waals surface area contributed by atoms with Crippen LogP contribution in [0.3, 0.4) is 0 Å². The average molecular weight is 549 g/mol. The van der Waals surface area contributed by atoms with Gasteiger partial charge in [0.05, 0.1) is 22.0 Å². The van der Waals surface area contributed by atoms with Gasteiger partial charge in [0.15, 0.2) is 0 Å². The van der Waals surface area contributed by atoms with Crippen molar-refractivity contribution in [1.29, 1.82) is 0 Å². The lowest BCUT2D eigenvalue weighted by molar-refractivity contribution is -0.385. The summed E-state index contributed by atoms with van der Waals surface area (Å²) in [5.74, 6) is 0.542. The highest BCUT2D eigenvalue weighted by Gasteiger charge is 2.23. The maximum Gasteiger partial charge on any atom is 0.311 e. The number of para-hydroxylation sites is 1. The van der Waals surface area contributed by atoms with Crippen LogP contribution in [0.15, 0.2) is 75.0 Å². The zero-order valence-electron chi connectivity index (χ0n) is 20.4. The van der Waals surface area contributed by atoms with Gasteiger partial charge in [-0.25, -0.2) is 4.98 Å². The lowest BCUT2D eigenvalue weighted by Crippen LogP contribution is -2.29. The third-order valence-corrected chi connectivity index (χ3v) is 5.97. The van der Waals surface area contributed by atoms with Gasteiger partial charge in [0.25, 0.3) is 5.56 Å². The average Bonchev–Trinajstić information content (AvgIpc) is 2.82. The monoisotopic (exact) mass is 548 g/mol. The van der Waals surface area contributed by atoms with Crippen molar-refractivity contribution in [2.45, 2.75) is 39.7 Å². The van der Waals surface area contributed by atoms with Crippen LogP contribution in [0.1, 0.15) is 43.3 Å². The molecule has 1 heterocycles. The van der Waals surface area contributed by atoms with Crippen LogP contribution < -0.4 is 10.3 Å². The van der Waals surface area contributed by atoms with Gasteiger partial charge in [0.1, 0.15) is 12.4 Å². The molecule has 0 spiro atoms. The minimum atomic E-state index is -0.495. The number of rotatable bonds is 6. The van der Waals surface area contributed by atoms with Crippen LogP contribution in [0, 0.1) is 17.0 Å². The zero-order chi connectivity index (χ0) is 26.0. The molecular weight excluding hydrogens is 524 g/mol. The summed E-state index contributed by atoms with van der Waals surface area (Å²) in [5, 5.41) is 16.6. The molecule has 0 radical (unpaired) electrons. The van der Waals surface area contributed by atoms with Crippen molar-refractivity contribution in [1.82, 2.24) is 9.66 Å². The van der Waals surface area contributed by atoms with E-state index in [1.54, 1.807) is 24.3 Å². The molecule has 0 fully saturated rings. The number of halogens is 1. The van der Waals surface area contributed by atoms with Crippen LogP contribution in [0.2, 0.25) is 0 Å². The number of hydrogen-bond donors (Lipinski definition) is 0. The van der Waals surface area contributed by atoms with E-state index in [0.717, 1.165) is 15.6 Å². The first-order valence-corrected chi connectivity index (χ1v) is 12.1. The molecule has 184 valence electrons. The Balaban J connectivity index is 1.82. The standard InChI is InChI=1S/C27H25BrN4O4/c1-17-7-5-8-18(13-17)16-36-24-19(9-6-10-23(24)32(34)35)15-29-31-25(33)21-14-20(28)11-12-22(21)30-26(31)27(2,3)4/h5-15H,16H2,1-4H3. The van der Waals surface area contributed by atoms with E-state index in [2.05, 4.69) is 21.0 Å². The van der Waals surface area contributed by atoms with Crippen LogP contribution in [-0.4, -0.2) is 20.8 Å². The minimum Gasteiger partial charge on any atom is -0.481 e. The van der Waals surface area contributed by atoms with Gasteiger partial charge in [-0.05, 0) is 36.8 Å². The van der Waals surface area contributed by atoms with E-state index in [0.29, 0.717) is 22.3 Å². The molecule has 4 aromatic rings. The molecule has 0 saturated carbocycles. The van der Waals surface area contributed by atoms with Gasteiger partial charge in [-0.3, -0.25) is 14.9 Å². The first-order chi connectivity index (χ1) is 17.0. The van der Waals surface area contributed by atoms with Crippen LogP contribution in [0.25, 0.3) is 10.9 Å². The molecular formula is C27H25BrN4O4. The van der Waals surface area contributed by atoms with E-state index in [4.69, 9.17) is 9.72 Å². The summed E-state index contributed by atoms with van der Waals surface area (Å²) in [6.07, 6.45) is 1.40. The highest BCUT2D eigenvalue weighted by atomic mass is 79.9. The van der Waals surface area contributed by atoms with Gasteiger partial charge in [-0.2, -0.15) is 9.78 Å². The van der Waals surface area contributed by atoms with Crippen molar-refractivity contribution < 1.29 is 9.66 Å². The maximum absolute atomic E-state index is 13.4. The fourth-order valence-electron chi connectivity index (χ4n) is 3.76. The molecule has 0 N–H and O–H groups in total. The topological polar surface area (TPSA) is 99.6 Å². The molecule has 9 heteroatoms. The Morgan fingerprint density at radius 2 is 1.89 bits per heavy atom. The van der Waals surface area contributed by atoms with Gasteiger partial charge in [-0.15, -0.1) is 0 Å². The zero-order valence-corrected chi connectivity index (χ0v) is 21.9. The van der Waals surface area contributed by atoms with Gasteiger partial charge in [-0.1, -0.05) is 72.6 Å². The van der Waals surface area contributed by atoms with Crippen molar-refractivity contribution in [3.05, 3.63) is 108 Å². The Bertz CT molecular complexity index is 1550. The summed E-state index contributed by atoms with van der Waals surface area (Å²) in [5.41, 5.74) is 1.86. The Morgan fingerprint density at radius 1 is 1.14 bits per heavy atom. The summed E-state index contributed by atoms with van der Waals surface area (Å²) < 4.78 is 7.93. The normalized spacial score (nSPS) is 11.8. The molecule has 0 amide bonds. The molecule has 36 heavy (non-hydrogen) atoms. The number of aromatic nitrogens is 2. The molecule has 0 saturated heterocycles. The molecule has 0 unspecified atom stereocenters. The molecule has 0 aliphatic rings. The molecule has 4 rings (SSSR count). The number of aryl methyl sites for hydroxylation is 1. The van der Waals surface area contributed by atoms with Gasteiger partial charge in [0.2, 0.25) is 5.75 Å². The van der Waals surface area contributed by atoms with E-state index in [1.165, 1.54) is 17.0 Å². The number of hydrogen-bond acceptors (Lipinski definition) is 6. The number of benzene rings is 3. The van der Waals surface area contributed by atoms with Crippen molar-refractivity contribution >= 4 is 38.7 Å². The molecule has 8 nitrogen and oxygen atoms in total. The van der Waals surface area contributed by atoms with Crippen molar-refractivity contribution in [3.63, 3.8) is 0 Å². The Morgan fingerprint density at radius 3 is 2.58 bits per heavy atom. The van der Waals surface area contributed by atoms with Gasteiger partial charge >= 0.3 is 5.69 Å². The highest BCUT2D eigenvalue weighted by molar-refractivity contribution is 9.10. The summed E-state index contributed by atoms with van der Waals surface area (Å²) in [4.78, 5) is 29.4. The lowest BCUT2D eigenvalue weighted by Gasteiger charge is -2.21. The SMILES string of the molecule is Cc1cccc(COc2c(C=Nn3c(C(C)(C)C)nc4ccc(Br)cc4c3=O)cccc2[N+](=O)[O-])c1. The smallest absolute Gasteiger partial charge is 0.311 e. The Hall–Kier alpha value is -3.85. The third-order valence-electron chi connectivity index (χ3n) is 5.48. The van der Waals surface area contributed by atoms with E-state index in [-0.39, 0.29) is 23.6 Å². The molecule has 0 aliphatic heterocycles. The third kappa shape index (κ3) is 5.36. The summed E-state index contributed by atoms with van der Waals surface area (Å²) in [7, 11) is 0. The van der Waals surface area contributed by atoms with Crippen LogP contribution >= 0.6 is 15.9 Å². The summed E-state index contributed by atoms with van der Waals surface area (Å²) >= 11 is 3.40. The van der Waals surface area contributed by atoms with Crippen LogP contribution in [0.4, 0.5) is 5.69 Å². The molecule has 0 bridgehead atoms. The van der Waals surface area contributed by atoms with Crippen molar-refractivity contribution in [3.8, 4) is 5.75 Å². The number of nitro benzene ring substituents is 1. The number of ether oxygens (including phenoxy) is 1. The minimum absolute atomic E-state index is 0.0783. The quantitative estimate of drug-likeness (QED) is 0.164. The van der Waals surface area contributed by atoms with Gasteiger partial charge in [0, 0.05) is 21.5 Å².